The summed E-state index contributed by atoms with van der Waals surface area (Å²) in [5.41, 5.74) is 1.96. The van der Waals surface area contributed by atoms with E-state index in [0.717, 1.165) is 29.5 Å². The zero-order valence-corrected chi connectivity index (χ0v) is 14.8. The van der Waals surface area contributed by atoms with Gasteiger partial charge in [-0.3, -0.25) is 4.79 Å². The minimum absolute atomic E-state index is 0.137. The summed E-state index contributed by atoms with van der Waals surface area (Å²) in [4.78, 5) is 14.7. The number of carbonyl (C=O) groups is 1. The van der Waals surface area contributed by atoms with Crippen LogP contribution in [0.1, 0.15) is 38.7 Å². The Morgan fingerprint density at radius 1 is 1.25 bits per heavy atom. The molecule has 1 aliphatic rings. The zero-order valence-electron chi connectivity index (χ0n) is 14.0. The van der Waals surface area contributed by atoms with Gasteiger partial charge in [0, 0.05) is 29.4 Å². The maximum atomic E-state index is 12.5. The zero-order chi connectivity index (χ0) is 17.5. The summed E-state index contributed by atoms with van der Waals surface area (Å²) < 4.78 is 23.7. The highest BCUT2D eigenvalue weighted by Crippen LogP contribution is 2.41. The highest BCUT2D eigenvalue weighted by atomic mass is 32.2. The normalized spacial score (nSPS) is 15.0. The molecule has 128 valence electrons. The molecule has 2 N–H and O–H groups in total. The van der Waals surface area contributed by atoms with Gasteiger partial charge in [-0.25, -0.2) is 13.6 Å². The number of Topliss-reactive ketones (excluding diaryl/α,β-unsaturated/α-hetero) is 1. The van der Waals surface area contributed by atoms with E-state index in [4.69, 9.17) is 5.14 Å². The van der Waals surface area contributed by atoms with Crippen LogP contribution >= 0.6 is 0 Å². The summed E-state index contributed by atoms with van der Waals surface area (Å²) in [6.45, 7) is 4.63. The van der Waals surface area contributed by atoms with Crippen molar-refractivity contribution in [1.29, 1.82) is 0 Å². The third-order valence-corrected chi connectivity index (χ3v) is 5.62. The van der Waals surface area contributed by atoms with Crippen LogP contribution in [0.2, 0.25) is 0 Å². The van der Waals surface area contributed by atoms with E-state index in [2.05, 4.69) is 4.90 Å². The number of sulfonamides is 1. The number of rotatable bonds is 6. The van der Waals surface area contributed by atoms with Crippen molar-refractivity contribution < 1.29 is 13.2 Å². The third-order valence-electron chi connectivity index (χ3n) is 4.65. The smallest absolute Gasteiger partial charge is 0.238 e. The van der Waals surface area contributed by atoms with E-state index in [-0.39, 0.29) is 16.7 Å². The lowest BCUT2D eigenvalue weighted by atomic mass is 10.0. The summed E-state index contributed by atoms with van der Waals surface area (Å²) in [5.74, 6) is 0.233. The van der Waals surface area contributed by atoms with Crippen LogP contribution in [-0.2, 0) is 21.4 Å². The molecule has 0 fully saturated rings. The number of nitrogens with zero attached hydrogens (tertiary/aromatic N) is 1. The van der Waals surface area contributed by atoms with Gasteiger partial charge in [-0.2, -0.15) is 0 Å². The highest BCUT2D eigenvalue weighted by Gasteiger charge is 2.31. The minimum Gasteiger partial charge on any atom is -0.357 e. The van der Waals surface area contributed by atoms with E-state index in [1.165, 1.54) is 0 Å². The first-order chi connectivity index (χ1) is 11.4. The Morgan fingerprint density at radius 3 is 2.62 bits per heavy atom. The molecule has 1 atom stereocenters. The molecule has 0 bridgehead atoms. The van der Waals surface area contributed by atoms with Gasteiger partial charge >= 0.3 is 0 Å². The SMILES string of the molecule is CCCC(=O)C(CC)N1Cc2cccc3c(S(N)(=O)=O)ccc1c23. The standard InChI is InChI=1S/C18H22N2O3S/c1-3-6-16(21)14(4-2)20-11-12-7-5-8-13-17(24(19,22)23)10-9-15(20)18(12)13/h5,7-10,14H,3-4,6,11H2,1-2H3,(H2,19,22,23). The Balaban J connectivity index is 2.16. The first-order valence-corrected chi connectivity index (χ1v) is 9.79. The minimum atomic E-state index is -3.79. The van der Waals surface area contributed by atoms with Gasteiger partial charge in [0.15, 0.2) is 5.78 Å². The quantitative estimate of drug-likeness (QED) is 0.872. The maximum Gasteiger partial charge on any atom is 0.238 e. The van der Waals surface area contributed by atoms with Gasteiger partial charge in [0.25, 0.3) is 0 Å². The van der Waals surface area contributed by atoms with Gasteiger partial charge in [0.2, 0.25) is 10.0 Å². The van der Waals surface area contributed by atoms with Crippen molar-refractivity contribution in [2.24, 2.45) is 5.14 Å². The van der Waals surface area contributed by atoms with Gasteiger partial charge < -0.3 is 4.90 Å². The Bertz CT molecular complexity index is 906. The predicted octanol–water partition coefficient (Wildman–Crippen LogP) is 2.96. The number of benzene rings is 2. The van der Waals surface area contributed by atoms with Crippen LogP contribution in [0.4, 0.5) is 5.69 Å². The van der Waals surface area contributed by atoms with Crippen molar-refractivity contribution in [2.75, 3.05) is 4.90 Å². The van der Waals surface area contributed by atoms with E-state index in [1.54, 1.807) is 18.2 Å². The van der Waals surface area contributed by atoms with E-state index in [1.807, 2.05) is 26.0 Å². The van der Waals surface area contributed by atoms with Gasteiger partial charge in [-0.15, -0.1) is 0 Å². The number of ketones is 1. The van der Waals surface area contributed by atoms with E-state index >= 15 is 0 Å². The lowest BCUT2D eigenvalue weighted by molar-refractivity contribution is -0.120. The van der Waals surface area contributed by atoms with Crippen LogP contribution in [0.15, 0.2) is 35.2 Å². The molecule has 0 radical (unpaired) electrons. The first-order valence-electron chi connectivity index (χ1n) is 8.25. The largest absolute Gasteiger partial charge is 0.357 e. The lowest BCUT2D eigenvalue weighted by Gasteiger charge is -2.28. The van der Waals surface area contributed by atoms with Crippen molar-refractivity contribution in [3.05, 3.63) is 35.9 Å². The lowest BCUT2D eigenvalue weighted by Crippen LogP contribution is -2.38. The topological polar surface area (TPSA) is 80.5 Å². The molecule has 1 aliphatic heterocycles. The average molecular weight is 346 g/mol. The van der Waals surface area contributed by atoms with E-state index < -0.39 is 10.0 Å². The second kappa shape index (κ2) is 6.18. The molecule has 0 amide bonds. The molecular weight excluding hydrogens is 324 g/mol. The maximum absolute atomic E-state index is 12.5. The summed E-state index contributed by atoms with van der Waals surface area (Å²) >= 11 is 0. The van der Waals surface area contributed by atoms with Crippen LogP contribution in [0.5, 0.6) is 0 Å². The van der Waals surface area contributed by atoms with Gasteiger partial charge in [-0.05, 0) is 30.5 Å². The summed E-state index contributed by atoms with van der Waals surface area (Å²) in [5, 5.41) is 6.88. The number of anilines is 1. The van der Waals surface area contributed by atoms with E-state index in [0.29, 0.717) is 18.4 Å². The molecule has 0 aliphatic carbocycles. The van der Waals surface area contributed by atoms with Crippen molar-refractivity contribution in [1.82, 2.24) is 0 Å². The number of hydrogen-bond donors (Lipinski definition) is 1. The number of primary sulfonamides is 1. The van der Waals surface area contributed by atoms with Gasteiger partial charge in [0.1, 0.15) is 0 Å². The van der Waals surface area contributed by atoms with Crippen LogP contribution < -0.4 is 10.0 Å². The molecule has 0 saturated carbocycles. The summed E-state index contributed by atoms with van der Waals surface area (Å²) in [6, 6.07) is 8.75. The fraction of sp³-hybridized carbons (Fsp3) is 0.389. The van der Waals surface area contributed by atoms with Gasteiger partial charge in [0.05, 0.1) is 10.9 Å². The summed E-state index contributed by atoms with van der Waals surface area (Å²) in [6.07, 6.45) is 2.12. The molecule has 1 unspecified atom stereocenters. The second-order valence-electron chi connectivity index (χ2n) is 6.24. The van der Waals surface area contributed by atoms with Crippen LogP contribution in [-0.4, -0.2) is 20.2 Å². The highest BCUT2D eigenvalue weighted by molar-refractivity contribution is 7.89. The first kappa shape index (κ1) is 16.9. The molecule has 2 aromatic rings. The van der Waals surface area contributed by atoms with Crippen LogP contribution in [0, 0.1) is 0 Å². The average Bonchev–Trinajstić information content (AvgIpc) is 2.88. The Kier molecular flexibility index (Phi) is 4.36. The fourth-order valence-electron chi connectivity index (χ4n) is 3.64. The van der Waals surface area contributed by atoms with Crippen molar-refractivity contribution in [3.8, 4) is 0 Å². The molecule has 0 saturated heterocycles. The number of carbonyl (C=O) groups excluding carboxylic acids is 1. The summed E-state index contributed by atoms with van der Waals surface area (Å²) in [7, 11) is -3.79. The molecule has 5 nitrogen and oxygen atoms in total. The van der Waals surface area contributed by atoms with Gasteiger partial charge in [-0.1, -0.05) is 32.0 Å². The molecule has 0 aromatic heterocycles. The van der Waals surface area contributed by atoms with Crippen molar-refractivity contribution >= 4 is 32.3 Å². The Labute approximate surface area is 142 Å². The Morgan fingerprint density at radius 2 is 2.00 bits per heavy atom. The second-order valence-corrected chi connectivity index (χ2v) is 7.77. The molecule has 3 rings (SSSR count). The van der Waals surface area contributed by atoms with Crippen LogP contribution in [0.25, 0.3) is 10.8 Å². The van der Waals surface area contributed by atoms with Crippen molar-refractivity contribution in [2.45, 2.75) is 50.6 Å². The Hall–Kier alpha value is -1.92. The van der Waals surface area contributed by atoms with Crippen molar-refractivity contribution in [3.63, 3.8) is 0 Å². The third kappa shape index (κ3) is 2.70. The molecule has 1 heterocycles. The fourth-order valence-corrected chi connectivity index (χ4v) is 4.37. The molecular formula is C18H22N2O3S. The molecule has 24 heavy (non-hydrogen) atoms. The number of hydrogen-bond acceptors (Lipinski definition) is 4. The van der Waals surface area contributed by atoms with E-state index in [9.17, 15) is 13.2 Å². The van der Waals surface area contributed by atoms with Crippen LogP contribution in [0.3, 0.4) is 0 Å². The monoisotopic (exact) mass is 346 g/mol. The number of nitrogens with two attached hydrogens (primary N) is 1. The molecule has 0 spiro atoms. The molecule has 6 heteroatoms. The molecule has 2 aromatic carbocycles. The predicted molar refractivity (Wildman–Crippen MR) is 95.5 cm³/mol.